The molecule has 0 aliphatic carbocycles. The summed E-state index contributed by atoms with van der Waals surface area (Å²) < 4.78 is 18.8. The molecule has 1 N–H and O–H groups in total. The lowest BCUT2D eigenvalue weighted by Gasteiger charge is -2.20. The maximum absolute atomic E-state index is 12.9. The second-order valence-electron chi connectivity index (χ2n) is 4.31. The lowest BCUT2D eigenvalue weighted by Crippen LogP contribution is -2.31. The molecular weight excluding hydrogens is 253 g/mol. The molecule has 2 nitrogen and oxygen atoms in total. The molecule has 0 amide bonds. The van der Waals surface area contributed by atoms with Crippen molar-refractivity contribution in [1.29, 1.82) is 0 Å². The van der Waals surface area contributed by atoms with Gasteiger partial charge in [-0.05, 0) is 37.6 Å². The first kappa shape index (κ1) is 15.3. The second kappa shape index (κ2) is 8.33. The van der Waals surface area contributed by atoms with Crippen LogP contribution in [0.25, 0.3) is 0 Å². The summed E-state index contributed by atoms with van der Waals surface area (Å²) in [5.41, 5.74) is 0. The molecule has 0 radical (unpaired) electrons. The third kappa shape index (κ3) is 5.23. The van der Waals surface area contributed by atoms with Crippen molar-refractivity contribution in [2.45, 2.75) is 39.2 Å². The van der Waals surface area contributed by atoms with Crippen LogP contribution in [-0.4, -0.2) is 19.2 Å². The van der Waals surface area contributed by atoms with Gasteiger partial charge in [0, 0.05) is 6.54 Å². The van der Waals surface area contributed by atoms with Gasteiger partial charge in [-0.15, -0.1) is 0 Å². The summed E-state index contributed by atoms with van der Waals surface area (Å²) in [7, 11) is 0. The van der Waals surface area contributed by atoms with Crippen LogP contribution in [0.2, 0.25) is 5.02 Å². The normalized spacial score (nSPS) is 12.4. The number of hydrogen-bond donors (Lipinski definition) is 1. The minimum absolute atomic E-state index is 0.0736. The number of benzene rings is 1. The molecule has 0 spiro atoms. The lowest BCUT2D eigenvalue weighted by atomic mass is 10.2. The molecule has 1 unspecified atom stereocenters. The highest BCUT2D eigenvalue weighted by Gasteiger charge is 2.11. The molecule has 0 aliphatic heterocycles. The predicted molar refractivity (Wildman–Crippen MR) is 73.9 cm³/mol. The van der Waals surface area contributed by atoms with Gasteiger partial charge in [0.2, 0.25) is 0 Å². The fraction of sp³-hybridized carbons (Fsp3) is 0.571. The lowest BCUT2D eigenvalue weighted by molar-refractivity contribution is 0.186. The van der Waals surface area contributed by atoms with Crippen LogP contribution in [0.15, 0.2) is 18.2 Å². The Hall–Kier alpha value is -0.800. The molecule has 0 aliphatic rings. The summed E-state index contributed by atoms with van der Waals surface area (Å²) in [6.07, 6.45) is 3.15. The van der Waals surface area contributed by atoms with E-state index in [9.17, 15) is 4.39 Å². The number of halogens is 2. The first-order valence-electron chi connectivity index (χ1n) is 6.49. The average molecular weight is 274 g/mol. The molecule has 18 heavy (non-hydrogen) atoms. The van der Waals surface area contributed by atoms with Gasteiger partial charge < -0.3 is 10.1 Å². The van der Waals surface area contributed by atoms with Crippen LogP contribution >= 0.6 is 11.6 Å². The Balaban J connectivity index is 2.58. The predicted octanol–water partition coefficient (Wildman–Crippen LogP) is 4.03. The van der Waals surface area contributed by atoms with Crippen molar-refractivity contribution in [3.05, 3.63) is 29.0 Å². The molecule has 102 valence electrons. The Kier molecular flexibility index (Phi) is 7.06. The van der Waals surface area contributed by atoms with Gasteiger partial charge in [-0.2, -0.15) is 0 Å². The first-order valence-corrected chi connectivity index (χ1v) is 6.87. The molecule has 0 saturated carbocycles. The maximum Gasteiger partial charge on any atom is 0.138 e. The van der Waals surface area contributed by atoms with Gasteiger partial charge in [-0.25, -0.2) is 4.39 Å². The molecule has 1 rings (SSSR count). The molecular formula is C14H21ClFNO. The zero-order valence-electron chi connectivity index (χ0n) is 11.0. The standard InChI is InChI=1S/C14H21ClFNO/c1-3-5-12(10-17-8-4-2)18-14-7-6-11(16)9-13(14)15/h6-7,9,12,17H,3-5,8,10H2,1-2H3. The summed E-state index contributed by atoms with van der Waals surface area (Å²) in [6, 6.07) is 4.23. The van der Waals surface area contributed by atoms with E-state index in [-0.39, 0.29) is 11.9 Å². The third-order valence-corrected chi connectivity index (χ3v) is 2.89. The van der Waals surface area contributed by atoms with Crippen molar-refractivity contribution in [2.75, 3.05) is 13.1 Å². The first-order chi connectivity index (χ1) is 8.67. The van der Waals surface area contributed by atoms with Crippen LogP contribution in [0.3, 0.4) is 0 Å². The highest BCUT2D eigenvalue weighted by atomic mass is 35.5. The molecule has 1 atom stereocenters. The molecule has 0 aromatic heterocycles. The van der Waals surface area contributed by atoms with E-state index in [1.165, 1.54) is 12.1 Å². The monoisotopic (exact) mass is 273 g/mol. The molecule has 0 fully saturated rings. The molecule has 0 bridgehead atoms. The van der Waals surface area contributed by atoms with Crippen LogP contribution < -0.4 is 10.1 Å². The van der Waals surface area contributed by atoms with Gasteiger partial charge in [0.25, 0.3) is 0 Å². The van der Waals surface area contributed by atoms with Crippen molar-refractivity contribution < 1.29 is 9.13 Å². The van der Waals surface area contributed by atoms with E-state index >= 15 is 0 Å². The smallest absolute Gasteiger partial charge is 0.138 e. The third-order valence-electron chi connectivity index (χ3n) is 2.60. The Morgan fingerprint density at radius 2 is 2.11 bits per heavy atom. The number of nitrogens with one attached hydrogen (secondary N) is 1. The van der Waals surface area contributed by atoms with E-state index in [4.69, 9.17) is 16.3 Å². The highest BCUT2D eigenvalue weighted by Crippen LogP contribution is 2.26. The van der Waals surface area contributed by atoms with Crippen molar-refractivity contribution in [1.82, 2.24) is 5.32 Å². The Morgan fingerprint density at radius 1 is 1.33 bits per heavy atom. The van der Waals surface area contributed by atoms with E-state index in [1.54, 1.807) is 6.07 Å². The summed E-state index contributed by atoms with van der Waals surface area (Å²) in [5, 5.41) is 3.65. The maximum atomic E-state index is 12.9. The fourth-order valence-corrected chi connectivity index (χ4v) is 1.93. The van der Waals surface area contributed by atoms with Crippen molar-refractivity contribution in [3.63, 3.8) is 0 Å². The summed E-state index contributed by atoms with van der Waals surface area (Å²) in [6.45, 7) is 6.00. The van der Waals surface area contributed by atoms with Gasteiger partial charge >= 0.3 is 0 Å². The zero-order valence-corrected chi connectivity index (χ0v) is 11.8. The number of rotatable bonds is 8. The molecule has 1 aromatic carbocycles. The Morgan fingerprint density at radius 3 is 2.72 bits per heavy atom. The van der Waals surface area contributed by atoms with Crippen LogP contribution in [0.4, 0.5) is 4.39 Å². The molecule has 1 aromatic rings. The topological polar surface area (TPSA) is 21.3 Å². The van der Waals surface area contributed by atoms with E-state index in [0.29, 0.717) is 10.8 Å². The van der Waals surface area contributed by atoms with E-state index in [0.717, 1.165) is 32.4 Å². The Bertz CT molecular complexity index is 360. The minimum atomic E-state index is -0.344. The molecule has 4 heteroatoms. The number of ether oxygens (including phenoxy) is 1. The van der Waals surface area contributed by atoms with E-state index < -0.39 is 0 Å². The Labute approximate surface area is 113 Å². The average Bonchev–Trinajstić information content (AvgIpc) is 2.33. The SMILES string of the molecule is CCCNCC(CCC)Oc1ccc(F)cc1Cl. The summed E-state index contributed by atoms with van der Waals surface area (Å²) >= 11 is 5.95. The van der Waals surface area contributed by atoms with Crippen molar-refractivity contribution in [2.24, 2.45) is 0 Å². The van der Waals surface area contributed by atoms with Crippen LogP contribution in [0, 0.1) is 5.82 Å². The molecule has 0 heterocycles. The summed E-state index contributed by atoms with van der Waals surface area (Å²) in [4.78, 5) is 0. The highest BCUT2D eigenvalue weighted by molar-refractivity contribution is 6.32. The van der Waals surface area contributed by atoms with Gasteiger partial charge in [0.15, 0.2) is 0 Å². The fourth-order valence-electron chi connectivity index (χ4n) is 1.71. The van der Waals surface area contributed by atoms with E-state index in [2.05, 4.69) is 19.2 Å². The van der Waals surface area contributed by atoms with Gasteiger partial charge in [-0.3, -0.25) is 0 Å². The van der Waals surface area contributed by atoms with Gasteiger partial charge in [0.05, 0.1) is 5.02 Å². The van der Waals surface area contributed by atoms with Crippen LogP contribution in [-0.2, 0) is 0 Å². The molecule has 0 saturated heterocycles. The second-order valence-corrected chi connectivity index (χ2v) is 4.71. The van der Waals surface area contributed by atoms with Gasteiger partial charge in [0.1, 0.15) is 17.7 Å². The minimum Gasteiger partial charge on any atom is -0.488 e. The van der Waals surface area contributed by atoms with Crippen molar-refractivity contribution in [3.8, 4) is 5.75 Å². The van der Waals surface area contributed by atoms with Crippen LogP contribution in [0.5, 0.6) is 5.75 Å². The quantitative estimate of drug-likeness (QED) is 0.722. The van der Waals surface area contributed by atoms with Crippen LogP contribution in [0.1, 0.15) is 33.1 Å². The van der Waals surface area contributed by atoms with Gasteiger partial charge in [-0.1, -0.05) is 31.9 Å². The number of hydrogen-bond acceptors (Lipinski definition) is 2. The zero-order chi connectivity index (χ0) is 13.4. The largest absolute Gasteiger partial charge is 0.488 e. The summed E-state index contributed by atoms with van der Waals surface area (Å²) in [5.74, 6) is 0.207. The van der Waals surface area contributed by atoms with E-state index in [1.807, 2.05) is 0 Å². The van der Waals surface area contributed by atoms with Crippen molar-refractivity contribution >= 4 is 11.6 Å².